The second-order valence-electron chi connectivity index (χ2n) is 4.61. The zero-order valence-corrected chi connectivity index (χ0v) is 13.0. The quantitative estimate of drug-likeness (QED) is 0.544. The lowest BCUT2D eigenvalue weighted by atomic mass is 10.1. The van der Waals surface area contributed by atoms with Crippen LogP contribution in [0.2, 0.25) is 0 Å². The lowest BCUT2D eigenvalue weighted by Gasteiger charge is -2.09. The summed E-state index contributed by atoms with van der Waals surface area (Å²) in [6.07, 6.45) is 3.68. The van der Waals surface area contributed by atoms with Gasteiger partial charge in [0.05, 0.1) is 19.1 Å². The van der Waals surface area contributed by atoms with Gasteiger partial charge in [0.15, 0.2) is 10.7 Å². The first-order chi connectivity index (χ1) is 10.5. The lowest BCUT2D eigenvalue weighted by Crippen LogP contribution is -1.99. The van der Waals surface area contributed by atoms with E-state index in [1.807, 2.05) is 17.5 Å². The number of rotatable bonds is 4. The third-order valence-corrected chi connectivity index (χ3v) is 4.16. The number of fused-ring (bicyclic) bond motifs is 1. The van der Waals surface area contributed by atoms with Crippen LogP contribution in [0.4, 0.5) is 5.69 Å². The van der Waals surface area contributed by atoms with Crippen molar-refractivity contribution in [3.63, 3.8) is 0 Å². The van der Waals surface area contributed by atoms with Crippen molar-refractivity contribution in [2.45, 2.75) is 6.92 Å². The van der Waals surface area contributed by atoms with Crippen LogP contribution in [-0.2, 0) is 0 Å². The summed E-state index contributed by atoms with van der Waals surface area (Å²) in [5, 5.41) is 11.5. The van der Waals surface area contributed by atoms with E-state index in [-0.39, 0.29) is 11.4 Å². The van der Waals surface area contributed by atoms with Crippen LogP contribution >= 0.6 is 11.3 Å². The molecule has 0 N–H and O–H groups in total. The van der Waals surface area contributed by atoms with Gasteiger partial charge in [-0.25, -0.2) is 4.98 Å². The minimum atomic E-state index is -0.477. The van der Waals surface area contributed by atoms with Gasteiger partial charge in [-0.1, -0.05) is 0 Å². The molecule has 0 amide bonds. The fourth-order valence-electron chi connectivity index (χ4n) is 2.35. The van der Waals surface area contributed by atoms with Crippen molar-refractivity contribution in [1.29, 1.82) is 0 Å². The monoisotopic (exact) mass is 319 g/mol. The van der Waals surface area contributed by atoms with E-state index in [1.165, 1.54) is 31.6 Å². The summed E-state index contributed by atoms with van der Waals surface area (Å²) >= 11 is 1.52. The Hall–Kier alpha value is -2.61. The molecule has 0 saturated heterocycles. The van der Waals surface area contributed by atoms with E-state index in [0.29, 0.717) is 17.0 Å². The van der Waals surface area contributed by atoms with Gasteiger partial charge in [-0.15, -0.1) is 11.3 Å². The molecule has 0 saturated carbocycles. The summed E-state index contributed by atoms with van der Waals surface area (Å²) in [5.41, 5.74) is 0.651. The van der Waals surface area contributed by atoms with Gasteiger partial charge in [-0.05, 0) is 19.1 Å². The Labute approximate surface area is 129 Å². The zero-order valence-electron chi connectivity index (χ0n) is 12.2. The summed E-state index contributed by atoms with van der Waals surface area (Å²) in [6.45, 7) is 1.98. The van der Waals surface area contributed by atoms with Crippen LogP contribution in [0.25, 0.3) is 16.2 Å². The number of ether oxygens (including phenoxy) is 2. The Kier molecular flexibility index (Phi) is 3.45. The number of nitro groups is 1. The summed E-state index contributed by atoms with van der Waals surface area (Å²) < 4.78 is 12.2. The van der Waals surface area contributed by atoms with Gasteiger partial charge >= 0.3 is 5.69 Å². The number of thiazole rings is 1. The van der Waals surface area contributed by atoms with Crippen molar-refractivity contribution in [2.75, 3.05) is 14.2 Å². The van der Waals surface area contributed by atoms with Gasteiger partial charge in [-0.3, -0.25) is 14.5 Å². The molecule has 0 unspecified atom stereocenters. The van der Waals surface area contributed by atoms with Crippen molar-refractivity contribution >= 4 is 22.0 Å². The topological polar surface area (TPSA) is 78.9 Å². The molecule has 114 valence electrons. The van der Waals surface area contributed by atoms with E-state index in [1.54, 1.807) is 12.3 Å². The molecule has 0 aliphatic rings. The maximum atomic E-state index is 11.5. The van der Waals surface area contributed by atoms with E-state index in [2.05, 4.69) is 4.98 Å². The first-order valence-electron chi connectivity index (χ1n) is 6.40. The predicted molar refractivity (Wildman–Crippen MR) is 83.0 cm³/mol. The van der Waals surface area contributed by atoms with Crippen LogP contribution < -0.4 is 9.47 Å². The predicted octanol–water partition coefficient (Wildman–Crippen LogP) is 3.30. The highest BCUT2D eigenvalue weighted by Gasteiger charge is 2.28. The molecule has 0 bridgehead atoms. The fourth-order valence-corrected chi connectivity index (χ4v) is 3.16. The Morgan fingerprint density at radius 3 is 2.50 bits per heavy atom. The number of nitrogens with zero attached hydrogens (tertiary/aromatic N) is 3. The van der Waals surface area contributed by atoms with Crippen molar-refractivity contribution in [1.82, 2.24) is 9.38 Å². The Morgan fingerprint density at radius 1 is 1.23 bits per heavy atom. The third kappa shape index (κ3) is 2.17. The molecular formula is C14H13N3O4S. The SMILES string of the molecule is COc1ccc(OC)c([N+](=O)[O-])c1-c1cn2cc(C)sc2n1. The first kappa shape index (κ1) is 14.3. The second-order valence-corrected chi connectivity index (χ2v) is 5.82. The number of aromatic nitrogens is 2. The maximum Gasteiger partial charge on any atom is 0.324 e. The van der Waals surface area contributed by atoms with Crippen LogP contribution in [0, 0.1) is 17.0 Å². The molecule has 22 heavy (non-hydrogen) atoms. The van der Waals surface area contributed by atoms with E-state index in [4.69, 9.17) is 9.47 Å². The van der Waals surface area contributed by atoms with Crippen LogP contribution in [0.15, 0.2) is 24.5 Å². The number of benzene rings is 1. The van der Waals surface area contributed by atoms with Crippen LogP contribution in [0.3, 0.4) is 0 Å². The highest BCUT2D eigenvalue weighted by molar-refractivity contribution is 7.17. The number of hydrogen-bond donors (Lipinski definition) is 0. The van der Waals surface area contributed by atoms with Crippen molar-refractivity contribution < 1.29 is 14.4 Å². The summed E-state index contributed by atoms with van der Waals surface area (Å²) in [7, 11) is 2.87. The van der Waals surface area contributed by atoms with E-state index in [9.17, 15) is 10.1 Å². The zero-order chi connectivity index (χ0) is 15.9. The highest BCUT2D eigenvalue weighted by Crippen LogP contribution is 2.43. The van der Waals surface area contributed by atoms with E-state index < -0.39 is 4.92 Å². The molecule has 0 atom stereocenters. The van der Waals surface area contributed by atoms with Crippen LogP contribution in [0.5, 0.6) is 11.5 Å². The summed E-state index contributed by atoms with van der Waals surface area (Å²) in [4.78, 5) is 17.4. The Morgan fingerprint density at radius 2 is 1.91 bits per heavy atom. The smallest absolute Gasteiger partial charge is 0.324 e. The number of methoxy groups -OCH3 is 2. The number of hydrogen-bond acceptors (Lipinski definition) is 6. The normalized spacial score (nSPS) is 10.9. The number of imidazole rings is 1. The molecule has 0 radical (unpaired) electrons. The average molecular weight is 319 g/mol. The molecule has 0 aliphatic heterocycles. The molecule has 7 nitrogen and oxygen atoms in total. The fraction of sp³-hybridized carbons (Fsp3) is 0.214. The van der Waals surface area contributed by atoms with Gasteiger partial charge in [0.25, 0.3) is 0 Å². The third-order valence-electron chi connectivity index (χ3n) is 3.25. The van der Waals surface area contributed by atoms with Gasteiger partial charge in [-0.2, -0.15) is 0 Å². The van der Waals surface area contributed by atoms with Gasteiger partial charge < -0.3 is 9.47 Å². The van der Waals surface area contributed by atoms with Gasteiger partial charge in [0, 0.05) is 17.3 Å². The molecule has 2 heterocycles. The van der Waals surface area contributed by atoms with Crippen LogP contribution in [-0.4, -0.2) is 28.5 Å². The van der Waals surface area contributed by atoms with E-state index >= 15 is 0 Å². The molecular weight excluding hydrogens is 306 g/mol. The average Bonchev–Trinajstić information content (AvgIpc) is 3.02. The van der Waals surface area contributed by atoms with Crippen LogP contribution in [0.1, 0.15) is 4.88 Å². The van der Waals surface area contributed by atoms with Crippen molar-refractivity contribution in [3.05, 3.63) is 39.5 Å². The molecule has 8 heteroatoms. The Bertz CT molecular complexity index is 837. The highest BCUT2D eigenvalue weighted by atomic mass is 32.1. The minimum absolute atomic E-state index is 0.149. The molecule has 0 spiro atoms. The van der Waals surface area contributed by atoms with Gasteiger partial charge in [0.1, 0.15) is 17.0 Å². The molecule has 0 aliphatic carbocycles. The molecule has 1 aromatic carbocycles. The van der Waals surface area contributed by atoms with Crippen molar-refractivity contribution in [3.8, 4) is 22.8 Å². The van der Waals surface area contributed by atoms with Gasteiger partial charge in [0.2, 0.25) is 0 Å². The largest absolute Gasteiger partial charge is 0.496 e. The maximum absolute atomic E-state index is 11.5. The lowest BCUT2D eigenvalue weighted by molar-refractivity contribution is -0.385. The number of aryl methyl sites for hydroxylation is 1. The molecule has 0 fully saturated rings. The van der Waals surface area contributed by atoms with E-state index in [0.717, 1.165) is 9.84 Å². The first-order valence-corrected chi connectivity index (χ1v) is 7.21. The molecule has 3 aromatic rings. The standard InChI is InChI=1S/C14H13N3O4S/c1-8-6-16-7-9(15-14(16)22-8)12-10(20-2)4-5-11(21-3)13(12)17(18)19/h4-7H,1-3H3. The van der Waals surface area contributed by atoms with Crippen molar-refractivity contribution in [2.24, 2.45) is 0 Å². The molecule has 3 rings (SSSR count). The second kappa shape index (κ2) is 5.30. The summed E-state index contributed by atoms with van der Waals surface area (Å²) in [5.74, 6) is 0.559. The number of nitro benzene ring substituents is 1. The minimum Gasteiger partial charge on any atom is -0.496 e. The Balaban J connectivity index is 2.30. The summed E-state index contributed by atoms with van der Waals surface area (Å²) in [6, 6.07) is 3.16. The molecule has 2 aromatic heterocycles.